The molecule has 0 amide bonds. The minimum Gasteiger partial charge on any atom is -0.146 e. The molecule has 0 aliphatic rings. The van der Waals surface area contributed by atoms with Gasteiger partial charge in [-0.1, -0.05) is 31.0 Å². The van der Waals surface area contributed by atoms with Gasteiger partial charge in [0.15, 0.2) is 0 Å². The second-order valence-electron chi connectivity index (χ2n) is 4.03. The van der Waals surface area contributed by atoms with Crippen molar-refractivity contribution in [3.8, 4) is 0 Å². The third-order valence-corrected chi connectivity index (χ3v) is 3.15. The summed E-state index contributed by atoms with van der Waals surface area (Å²) in [5.41, 5.74) is 5.46. The van der Waals surface area contributed by atoms with Gasteiger partial charge in [0.05, 0.1) is 0 Å². The molecule has 0 aliphatic heterocycles. The van der Waals surface area contributed by atoms with Crippen LogP contribution in [-0.4, -0.2) is 0 Å². The molecule has 86 valence electrons. The summed E-state index contributed by atoms with van der Waals surface area (Å²) in [5.74, 6) is 0. The Bertz CT molecular complexity index is 498. The summed E-state index contributed by atoms with van der Waals surface area (Å²) in [6.07, 6.45) is 0. The quantitative estimate of drug-likeness (QED) is 0.629. The molecule has 1 heteroatoms. The number of hydrogen-bond acceptors (Lipinski definition) is 0. The minimum atomic E-state index is 0. The van der Waals surface area contributed by atoms with Gasteiger partial charge in [-0.25, -0.2) is 0 Å². The monoisotopic (exact) mass is 357 g/mol. The first-order chi connectivity index (χ1) is 6.61. The maximum Gasteiger partial charge on any atom is 0 e. The number of fused-ring (bicyclic) bond motifs is 1. The molecule has 0 bridgehead atoms. The molecule has 0 fully saturated rings. The Kier molecular flexibility index (Phi) is 4.46. The van der Waals surface area contributed by atoms with Crippen molar-refractivity contribution in [3.63, 3.8) is 0 Å². The summed E-state index contributed by atoms with van der Waals surface area (Å²) in [6.45, 7) is 8.69. The fourth-order valence-electron chi connectivity index (χ4n) is 1.92. The molecule has 0 nitrogen and oxygen atoms in total. The van der Waals surface area contributed by atoms with Gasteiger partial charge in [0.25, 0.3) is 0 Å². The largest absolute Gasteiger partial charge is 0.146 e. The van der Waals surface area contributed by atoms with E-state index in [-0.39, 0.29) is 46.9 Å². The van der Waals surface area contributed by atoms with Gasteiger partial charge in [-0.3, -0.25) is 0 Å². The molecule has 0 heterocycles. The fourth-order valence-corrected chi connectivity index (χ4v) is 1.92. The first kappa shape index (κ1) is 13.3. The van der Waals surface area contributed by atoms with E-state index in [1.807, 2.05) is 6.07 Å². The van der Waals surface area contributed by atoms with Gasteiger partial charge >= 0.3 is 0 Å². The first-order valence-electron chi connectivity index (χ1n) is 4.99. The molecule has 0 aromatic heterocycles. The Labute approximate surface area is 130 Å². The summed E-state index contributed by atoms with van der Waals surface area (Å²) in [6, 6.07) is 9.73. The van der Waals surface area contributed by atoms with Gasteiger partial charge < -0.3 is 0 Å². The number of benzene rings is 2. The molecule has 2 aromatic carbocycles. The van der Waals surface area contributed by atoms with Gasteiger partial charge in [-0.05, 0) is 13.8 Å². The molecule has 0 atom stereocenters. The number of aryl methyl sites for hydroxylation is 3. The maximum absolute atomic E-state index is 3.33. The molecule has 2 aromatic rings. The van der Waals surface area contributed by atoms with Gasteiger partial charge in [0.2, 0.25) is 0 Å². The van der Waals surface area contributed by atoms with Crippen LogP contribution in [0, 0.1) is 80.7 Å². The number of hydrogen-bond donors (Lipinski definition) is 0. The summed E-state index contributed by atoms with van der Waals surface area (Å²) in [5, 5.41) is 2.61. The molecular weight excluding hydrogens is 341 g/mol. The zero-order chi connectivity index (χ0) is 10.3. The van der Waals surface area contributed by atoms with E-state index < -0.39 is 0 Å². The van der Waals surface area contributed by atoms with Gasteiger partial charge in [0.1, 0.15) is 0 Å². The average Bonchev–Trinajstić information content (AvgIpc) is 2.17. The van der Waals surface area contributed by atoms with Crippen LogP contribution < -0.4 is 0 Å². The van der Waals surface area contributed by atoms with Crippen LogP contribution in [0.15, 0.2) is 18.2 Å². The van der Waals surface area contributed by atoms with Gasteiger partial charge in [-0.15, -0.1) is 40.1 Å². The smallest absolute Gasteiger partial charge is 0 e. The van der Waals surface area contributed by atoms with Crippen LogP contribution in [0.2, 0.25) is 0 Å². The van der Waals surface area contributed by atoms with Crippen LogP contribution in [-0.2, 0) is 0 Å². The molecule has 0 aliphatic carbocycles. The fraction of sp³-hybridized carbons (Fsp3) is 0.286. The van der Waals surface area contributed by atoms with Crippen molar-refractivity contribution >= 4 is 10.8 Å². The Morgan fingerprint density at radius 2 is 1.60 bits per heavy atom. The zero-order valence-electron chi connectivity index (χ0n) is 9.50. The Balaban J connectivity index is 0.00000112. The standard InChI is InChI=1S/C14H15.Yb/c1-9-6-5-7-13-12(4)11(3)10(2)8-14(9)13;/h5-6,8H,1-4H3;/q-1;. The molecule has 0 unspecified atom stereocenters. The van der Waals surface area contributed by atoms with E-state index >= 15 is 0 Å². The first-order valence-corrected chi connectivity index (χ1v) is 4.99. The van der Waals surface area contributed by atoms with Crippen LogP contribution in [0.1, 0.15) is 22.3 Å². The average molecular weight is 356 g/mol. The summed E-state index contributed by atoms with van der Waals surface area (Å²) in [7, 11) is 0. The SMILES string of the molecule is Cc1cc2c(C)cc[c-]c2c(C)c1C.[Yb]. The van der Waals surface area contributed by atoms with Crippen molar-refractivity contribution in [3.05, 3.63) is 46.5 Å². The second kappa shape index (κ2) is 5.03. The number of rotatable bonds is 0. The van der Waals surface area contributed by atoms with Crippen LogP contribution in [0.25, 0.3) is 10.8 Å². The predicted octanol–water partition coefficient (Wildman–Crippen LogP) is 3.87. The third kappa shape index (κ3) is 2.32. The Morgan fingerprint density at radius 3 is 2.27 bits per heavy atom. The van der Waals surface area contributed by atoms with Gasteiger partial charge in [-0.2, -0.15) is 0 Å². The van der Waals surface area contributed by atoms with E-state index in [2.05, 4.69) is 45.9 Å². The normalized spacial score (nSPS) is 10.1. The zero-order valence-corrected chi connectivity index (χ0v) is 11.2. The summed E-state index contributed by atoms with van der Waals surface area (Å²) < 4.78 is 0. The molecule has 0 spiro atoms. The van der Waals surface area contributed by atoms with Crippen LogP contribution >= 0.6 is 0 Å². The van der Waals surface area contributed by atoms with Crippen LogP contribution in [0.3, 0.4) is 0 Å². The molecule has 0 saturated heterocycles. The molecular formula is C14H15Yb-. The molecule has 0 N–H and O–H groups in total. The van der Waals surface area contributed by atoms with Crippen molar-refractivity contribution in [2.24, 2.45) is 0 Å². The molecule has 0 radical (unpaired) electrons. The van der Waals surface area contributed by atoms with E-state index in [0.717, 1.165) is 0 Å². The minimum absolute atomic E-state index is 0. The predicted molar refractivity (Wildman–Crippen MR) is 61.7 cm³/mol. The molecule has 2 rings (SSSR count). The maximum atomic E-state index is 3.33. The summed E-state index contributed by atoms with van der Waals surface area (Å²) in [4.78, 5) is 0. The third-order valence-electron chi connectivity index (χ3n) is 3.15. The van der Waals surface area contributed by atoms with Crippen molar-refractivity contribution in [1.29, 1.82) is 0 Å². The van der Waals surface area contributed by atoms with Crippen molar-refractivity contribution in [2.45, 2.75) is 27.7 Å². The second-order valence-corrected chi connectivity index (χ2v) is 4.03. The van der Waals surface area contributed by atoms with E-state index in [4.69, 9.17) is 0 Å². The van der Waals surface area contributed by atoms with E-state index in [1.54, 1.807) is 0 Å². The Morgan fingerprint density at radius 1 is 0.933 bits per heavy atom. The van der Waals surface area contributed by atoms with Crippen LogP contribution in [0.4, 0.5) is 0 Å². The van der Waals surface area contributed by atoms with Crippen LogP contribution in [0.5, 0.6) is 0 Å². The van der Waals surface area contributed by atoms with E-state index in [1.165, 1.54) is 33.0 Å². The summed E-state index contributed by atoms with van der Waals surface area (Å²) >= 11 is 0. The molecule has 15 heavy (non-hydrogen) atoms. The van der Waals surface area contributed by atoms with Gasteiger partial charge in [0, 0.05) is 46.9 Å². The van der Waals surface area contributed by atoms with Crippen molar-refractivity contribution in [2.75, 3.05) is 0 Å². The Hall–Kier alpha value is 0.219. The van der Waals surface area contributed by atoms with E-state index in [9.17, 15) is 0 Å². The van der Waals surface area contributed by atoms with Crippen molar-refractivity contribution in [1.82, 2.24) is 0 Å². The van der Waals surface area contributed by atoms with E-state index in [0.29, 0.717) is 0 Å². The van der Waals surface area contributed by atoms with Crippen molar-refractivity contribution < 1.29 is 46.9 Å². The topological polar surface area (TPSA) is 0 Å². The molecule has 0 saturated carbocycles.